The molecule has 1 fully saturated rings. The van der Waals surface area contributed by atoms with E-state index in [0.29, 0.717) is 0 Å². The zero-order valence-electron chi connectivity index (χ0n) is 8.47. The number of alkyl halides is 1. The Balaban J connectivity index is 1.83. The van der Waals surface area contributed by atoms with Crippen molar-refractivity contribution in [1.82, 2.24) is 5.32 Å². The minimum absolute atomic E-state index is 0.184. The first-order chi connectivity index (χ1) is 6.84. The zero-order valence-corrected chi connectivity index (χ0v) is 9.22. The molecule has 1 saturated heterocycles. The molecule has 3 heteroatoms. The van der Waals surface area contributed by atoms with E-state index in [9.17, 15) is 0 Å². The molecular formula is C11H18ClNO. The monoisotopic (exact) mass is 215 g/mol. The van der Waals surface area contributed by atoms with E-state index < -0.39 is 0 Å². The van der Waals surface area contributed by atoms with Crippen molar-refractivity contribution in [3.05, 3.63) is 11.6 Å². The molecule has 0 radical (unpaired) electrons. The quantitative estimate of drug-likeness (QED) is 0.562. The van der Waals surface area contributed by atoms with Gasteiger partial charge in [0.15, 0.2) is 0 Å². The van der Waals surface area contributed by atoms with Crippen molar-refractivity contribution in [1.29, 1.82) is 0 Å². The first kappa shape index (κ1) is 10.5. The van der Waals surface area contributed by atoms with Crippen molar-refractivity contribution in [3.63, 3.8) is 0 Å². The fraction of sp³-hybridized carbons (Fsp3) is 0.818. The van der Waals surface area contributed by atoms with Crippen molar-refractivity contribution in [3.8, 4) is 0 Å². The highest BCUT2D eigenvalue weighted by molar-refractivity contribution is 6.22. The lowest BCUT2D eigenvalue weighted by Gasteiger charge is -2.25. The summed E-state index contributed by atoms with van der Waals surface area (Å²) in [6.07, 6.45) is 5.91. The molecule has 0 bridgehead atoms. The largest absolute Gasteiger partial charge is 0.381 e. The Kier molecular flexibility index (Phi) is 3.85. The summed E-state index contributed by atoms with van der Waals surface area (Å²) < 4.78 is 5.47. The van der Waals surface area contributed by atoms with E-state index in [-0.39, 0.29) is 5.38 Å². The Morgan fingerprint density at radius 1 is 1.57 bits per heavy atom. The molecule has 2 aliphatic heterocycles. The molecule has 2 aliphatic rings. The maximum absolute atomic E-state index is 6.06. The summed E-state index contributed by atoms with van der Waals surface area (Å²) in [6, 6.07) is 0. The predicted molar refractivity (Wildman–Crippen MR) is 58.8 cm³/mol. The molecule has 0 aromatic heterocycles. The smallest absolute Gasteiger partial charge is 0.0643 e. The van der Waals surface area contributed by atoms with Gasteiger partial charge in [0.05, 0.1) is 5.38 Å². The predicted octanol–water partition coefficient (Wildman–Crippen LogP) is 1.94. The van der Waals surface area contributed by atoms with Gasteiger partial charge in [-0.3, -0.25) is 0 Å². The van der Waals surface area contributed by atoms with Crippen LogP contribution in [0.2, 0.25) is 0 Å². The van der Waals surface area contributed by atoms with Gasteiger partial charge in [0.2, 0.25) is 0 Å². The third-order valence-corrected chi connectivity index (χ3v) is 3.19. The van der Waals surface area contributed by atoms with Crippen LogP contribution in [0.1, 0.15) is 19.3 Å². The molecule has 0 aromatic carbocycles. The maximum Gasteiger partial charge on any atom is 0.0643 e. The SMILES string of the molecule is ClC1C=C(CC2CCCOC2)CNC1. The Morgan fingerprint density at radius 2 is 2.50 bits per heavy atom. The fourth-order valence-electron chi connectivity index (χ4n) is 2.22. The molecule has 2 rings (SSSR count). The molecular weight excluding hydrogens is 198 g/mol. The number of halogens is 1. The van der Waals surface area contributed by atoms with Crippen LogP contribution in [0.25, 0.3) is 0 Å². The van der Waals surface area contributed by atoms with Gasteiger partial charge in [0, 0.05) is 26.3 Å². The van der Waals surface area contributed by atoms with Crippen LogP contribution in [-0.4, -0.2) is 31.7 Å². The molecule has 2 nitrogen and oxygen atoms in total. The van der Waals surface area contributed by atoms with E-state index in [1.165, 1.54) is 18.4 Å². The van der Waals surface area contributed by atoms with Gasteiger partial charge in [-0.1, -0.05) is 11.6 Å². The topological polar surface area (TPSA) is 21.3 Å². The molecule has 2 heterocycles. The maximum atomic E-state index is 6.06. The lowest BCUT2D eigenvalue weighted by Crippen LogP contribution is -2.31. The van der Waals surface area contributed by atoms with Gasteiger partial charge in [-0.15, -0.1) is 11.6 Å². The first-order valence-corrected chi connectivity index (χ1v) is 5.90. The second-order valence-corrected chi connectivity index (χ2v) is 4.82. The number of hydrogen-bond acceptors (Lipinski definition) is 2. The van der Waals surface area contributed by atoms with Gasteiger partial charge in [0.1, 0.15) is 0 Å². The van der Waals surface area contributed by atoms with Crippen LogP contribution >= 0.6 is 11.6 Å². The highest BCUT2D eigenvalue weighted by Crippen LogP contribution is 2.22. The Hall–Kier alpha value is -0.0500. The van der Waals surface area contributed by atoms with Crippen molar-refractivity contribution in [2.45, 2.75) is 24.6 Å². The summed E-state index contributed by atoms with van der Waals surface area (Å²) in [5.74, 6) is 0.721. The Morgan fingerprint density at radius 3 is 3.21 bits per heavy atom. The molecule has 0 spiro atoms. The van der Waals surface area contributed by atoms with E-state index in [1.54, 1.807) is 0 Å². The number of rotatable bonds is 2. The van der Waals surface area contributed by atoms with E-state index in [2.05, 4.69) is 11.4 Å². The van der Waals surface area contributed by atoms with Crippen molar-refractivity contribution >= 4 is 11.6 Å². The summed E-state index contributed by atoms with van der Waals surface area (Å²) in [6.45, 7) is 3.81. The first-order valence-electron chi connectivity index (χ1n) is 5.46. The van der Waals surface area contributed by atoms with E-state index in [0.717, 1.165) is 38.6 Å². The average Bonchev–Trinajstić information content (AvgIpc) is 2.19. The van der Waals surface area contributed by atoms with Crippen LogP contribution in [0.4, 0.5) is 0 Å². The average molecular weight is 216 g/mol. The zero-order chi connectivity index (χ0) is 9.80. The summed E-state index contributed by atoms with van der Waals surface area (Å²) in [7, 11) is 0. The van der Waals surface area contributed by atoms with E-state index in [1.807, 2.05) is 0 Å². The molecule has 0 aliphatic carbocycles. The Bertz CT molecular complexity index is 211. The Labute approximate surface area is 90.7 Å². The van der Waals surface area contributed by atoms with E-state index >= 15 is 0 Å². The minimum Gasteiger partial charge on any atom is -0.381 e. The summed E-state index contributed by atoms with van der Waals surface area (Å²) in [5.41, 5.74) is 1.46. The molecule has 0 aromatic rings. The molecule has 0 amide bonds. The van der Waals surface area contributed by atoms with Crippen LogP contribution in [0.5, 0.6) is 0 Å². The number of hydrogen-bond donors (Lipinski definition) is 1. The molecule has 2 atom stereocenters. The fourth-order valence-corrected chi connectivity index (χ4v) is 2.51. The third-order valence-electron chi connectivity index (χ3n) is 2.91. The standard InChI is InChI=1S/C11H18ClNO/c12-11-5-10(6-13-7-11)4-9-2-1-3-14-8-9/h5,9,11,13H,1-4,6-8H2. The van der Waals surface area contributed by atoms with Gasteiger partial charge >= 0.3 is 0 Å². The van der Waals surface area contributed by atoms with Crippen LogP contribution < -0.4 is 5.32 Å². The lowest BCUT2D eigenvalue weighted by atomic mass is 9.92. The number of ether oxygens (including phenoxy) is 1. The van der Waals surface area contributed by atoms with Crippen molar-refractivity contribution in [2.75, 3.05) is 26.3 Å². The minimum atomic E-state index is 0.184. The highest BCUT2D eigenvalue weighted by atomic mass is 35.5. The summed E-state index contributed by atoms with van der Waals surface area (Å²) in [4.78, 5) is 0. The van der Waals surface area contributed by atoms with Crippen molar-refractivity contribution < 1.29 is 4.74 Å². The van der Waals surface area contributed by atoms with Crippen LogP contribution in [0.15, 0.2) is 11.6 Å². The van der Waals surface area contributed by atoms with Gasteiger partial charge in [-0.25, -0.2) is 0 Å². The van der Waals surface area contributed by atoms with Gasteiger partial charge in [0.25, 0.3) is 0 Å². The summed E-state index contributed by atoms with van der Waals surface area (Å²) in [5, 5.41) is 3.52. The van der Waals surface area contributed by atoms with Crippen LogP contribution in [0.3, 0.4) is 0 Å². The molecule has 80 valence electrons. The molecule has 0 saturated carbocycles. The van der Waals surface area contributed by atoms with Crippen molar-refractivity contribution in [2.24, 2.45) is 5.92 Å². The third kappa shape index (κ3) is 2.97. The second kappa shape index (κ2) is 5.15. The van der Waals surface area contributed by atoms with E-state index in [4.69, 9.17) is 16.3 Å². The second-order valence-electron chi connectivity index (χ2n) is 4.26. The molecule has 1 N–H and O–H groups in total. The molecule has 14 heavy (non-hydrogen) atoms. The summed E-state index contributed by atoms with van der Waals surface area (Å²) >= 11 is 6.06. The van der Waals surface area contributed by atoms with Gasteiger partial charge in [-0.2, -0.15) is 0 Å². The number of nitrogens with one attached hydrogen (secondary N) is 1. The van der Waals surface area contributed by atoms with Gasteiger partial charge in [-0.05, 0) is 25.2 Å². The van der Waals surface area contributed by atoms with Crippen LogP contribution in [-0.2, 0) is 4.74 Å². The molecule has 2 unspecified atom stereocenters. The lowest BCUT2D eigenvalue weighted by molar-refractivity contribution is 0.0547. The van der Waals surface area contributed by atoms with Gasteiger partial charge < -0.3 is 10.1 Å². The normalized spacial score (nSPS) is 33.9. The highest BCUT2D eigenvalue weighted by Gasteiger charge is 2.17. The van der Waals surface area contributed by atoms with Crippen LogP contribution in [0, 0.1) is 5.92 Å².